The van der Waals surface area contributed by atoms with E-state index in [2.05, 4.69) is 12.2 Å². The monoisotopic (exact) mass is 294 g/mol. The molecule has 0 radical (unpaired) electrons. The Hall–Kier alpha value is -1.06. The number of rotatable bonds is 5. The summed E-state index contributed by atoms with van der Waals surface area (Å²) in [5.41, 5.74) is 7.12. The second-order valence-corrected chi connectivity index (χ2v) is 6.08. The number of halogens is 1. The maximum Gasteiger partial charge on any atom is 0.220 e. The maximum absolute atomic E-state index is 12.2. The molecule has 2 rings (SSSR count). The molecule has 20 heavy (non-hydrogen) atoms. The molecule has 1 aromatic carbocycles. The Labute approximate surface area is 125 Å². The van der Waals surface area contributed by atoms with Crippen LogP contribution in [0.2, 0.25) is 5.02 Å². The van der Waals surface area contributed by atoms with Gasteiger partial charge in [0.2, 0.25) is 5.91 Å². The summed E-state index contributed by atoms with van der Waals surface area (Å²) in [6, 6.07) is 7.90. The molecule has 0 spiro atoms. The summed E-state index contributed by atoms with van der Waals surface area (Å²) >= 11 is 5.89. The normalized spacial score (nSPS) is 23.6. The molecule has 1 aromatic rings. The number of hydrogen-bond donors (Lipinski definition) is 2. The van der Waals surface area contributed by atoms with Crippen molar-refractivity contribution in [1.29, 1.82) is 0 Å². The van der Waals surface area contributed by atoms with Crippen LogP contribution in [-0.4, -0.2) is 11.9 Å². The van der Waals surface area contributed by atoms with Crippen molar-refractivity contribution >= 4 is 17.5 Å². The van der Waals surface area contributed by atoms with Gasteiger partial charge >= 0.3 is 0 Å². The summed E-state index contributed by atoms with van der Waals surface area (Å²) in [4.78, 5) is 12.2. The number of carbonyl (C=O) groups excluding carboxylic acids is 1. The maximum atomic E-state index is 12.2. The van der Waals surface area contributed by atoms with Gasteiger partial charge in [-0.05, 0) is 42.9 Å². The number of hydrogen-bond acceptors (Lipinski definition) is 2. The smallest absolute Gasteiger partial charge is 0.220 e. The minimum Gasteiger partial charge on any atom is -0.349 e. The van der Waals surface area contributed by atoms with Crippen LogP contribution in [0, 0.1) is 5.92 Å². The van der Waals surface area contributed by atoms with Crippen molar-refractivity contribution < 1.29 is 4.79 Å². The summed E-state index contributed by atoms with van der Waals surface area (Å²) in [5.74, 6) is 0.451. The molecule has 4 heteroatoms. The third kappa shape index (κ3) is 3.97. The summed E-state index contributed by atoms with van der Waals surface area (Å²) in [5, 5.41) is 3.83. The van der Waals surface area contributed by atoms with Gasteiger partial charge in [0.1, 0.15) is 0 Å². The number of carbonyl (C=O) groups is 1. The predicted octanol–water partition coefficient (Wildman–Crippen LogP) is 3.42. The molecule has 110 valence electrons. The fourth-order valence-electron chi connectivity index (χ4n) is 2.93. The molecule has 0 heterocycles. The first-order chi connectivity index (χ1) is 9.60. The summed E-state index contributed by atoms with van der Waals surface area (Å²) < 4.78 is 0. The number of benzene rings is 1. The first-order valence-corrected chi connectivity index (χ1v) is 7.78. The highest BCUT2D eigenvalue weighted by atomic mass is 35.5. The first kappa shape index (κ1) is 15.3. The van der Waals surface area contributed by atoms with Gasteiger partial charge in [-0.15, -0.1) is 0 Å². The van der Waals surface area contributed by atoms with Crippen molar-refractivity contribution in [2.75, 3.05) is 0 Å². The van der Waals surface area contributed by atoms with Crippen LogP contribution in [0.5, 0.6) is 0 Å². The number of nitrogens with two attached hydrogens (primary N) is 1. The van der Waals surface area contributed by atoms with Crippen LogP contribution in [0.15, 0.2) is 24.3 Å². The molecule has 1 unspecified atom stereocenters. The lowest BCUT2D eigenvalue weighted by atomic mass is 9.98. The lowest BCUT2D eigenvalue weighted by Gasteiger charge is -2.20. The fraction of sp³-hybridized carbons (Fsp3) is 0.562. The van der Waals surface area contributed by atoms with Gasteiger partial charge in [-0.3, -0.25) is 4.79 Å². The molecule has 1 fully saturated rings. The highest BCUT2D eigenvalue weighted by Gasteiger charge is 2.26. The standard InChI is InChI=1S/C16H23ClN2O/c1-2-15(11-6-8-13(17)9-7-11)19-16(20)10-12-4-3-5-14(12)18/h6-9,12,14-15H,2-5,10,18H2,1H3,(H,19,20)/t12-,14+,15?/m0/s1. The van der Waals surface area contributed by atoms with Crippen LogP contribution in [0.1, 0.15) is 50.6 Å². The highest BCUT2D eigenvalue weighted by Crippen LogP contribution is 2.27. The van der Waals surface area contributed by atoms with E-state index in [1.54, 1.807) is 0 Å². The van der Waals surface area contributed by atoms with Crippen molar-refractivity contribution in [2.45, 2.75) is 51.1 Å². The van der Waals surface area contributed by atoms with Crippen LogP contribution >= 0.6 is 11.6 Å². The molecule has 0 aromatic heterocycles. The van der Waals surface area contributed by atoms with Gasteiger partial charge < -0.3 is 11.1 Å². The highest BCUT2D eigenvalue weighted by molar-refractivity contribution is 6.30. The molecule has 1 aliphatic carbocycles. The van der Waals surface area contributed by atoms with E-state index in [1.165, 1.54) is 0 Å². The molecule has 0 aliphatic heterocycles. The van der Waals surface area contributed by atoms with Crippen LogP contribution in [0.25, 0.3) is 0 Å². The molecule has 0 saturated heterocycles. The van der Waals surface area contributed by atoms with Gasteiger partial charge in [0, 0.05) is 17.5 Å². The van der Waals surface area contributed by atoms with E-state index < -0.39 is 0 Å². The molecule has 3 atom stereocenters. The molecule has 0 bridgehead atoms. The van der Waals surface area contributed by atoms with E-state index in [-0.39, 0.29) is 18.0 Å². The average Bonchev–Trinajstić information content (AvgIpc) is 2.83. The SMILES string of the molecule is CCC(NC(=O)C[C@@H]1CCC[C@H]1N)c1ccc(Cl)cc1. The molecule has 3 N–H and O–H groups in total. The average molecular weight is 295 g/mol. The lowest BCUT2D eigenvalue weighted by Crippen LogP contribution is -2.33. The van der Waals surface area contributed by atoms with Crippen LogP contribution in [0.3, 0.4) is 0 Å². The summed E-state index contributed by atoms with van der Waals surface area (Å²) in [6.07, 6.45) is 4.68. The van der Waals surface area contributed by atoms with Crippen molar-refractivity contribution in [2.24, 2.45) is 11.7 Å². The van der Waals surface area contributed by atoms with Gasteiger partial charge in [0.25, 0.3) is 0 Å². The van der Waals surface area contributed by atoms with Gasteiger partial charge in [0.05, 0.1) is 6.04 Å². The topological polar surface area (TPSA) is 55.1 Å². The van der Waals surface area contributed by atoms with Gasteiger partial charge in [0.15, 0.2) is 0 Å². The predicted molar refractivity (Wildman–Crippen MR) is 82.6 cm³/mol. The van der Waals surface area contributed by atoms with E-state index in [9.17, 15) is 4.79 Å². The Morgan fingerprint density at radius 1 is 1.40 bits per heavy atom. The Bertz CT molecular complexity index is 446. The van der Waals surface area contributed by atoms with Crippen molar-refractivity contribution in [1.82, 2.24) is 5.32 Å². The third-order valence-electron chi connectivity index (χ3n) is 4.18. The van der Waals surface area contributed by atoms with E-state index in [4.69, 9.17) is 17.3 Å². The fourth-order valence-corrected chi connectivity index (χ4v) is 3.05. The van der Waals surface area contributed by atoms with Gasteiger partial charge in [-0.1, -0.05) is 37.1 Å². The van der Waals surface area contributed by atoms with Crippen molar-refractivity contribution in [3.63, 3.8) is 0 Å². The second-order valence-electron chi connectivity index (χ2n) is 5.64. The van der Waals surface area contributed by atoms with E-state index in [1.807, 2.05) is 24.3 Å². The Balaban J connectivity index is 1.92. The molecule has 3 nitrogen and oxygen atoms in total. The molecule has 1 aliphatic rings. The summed E-state index contributed by atoms with van der Waals surface area (Å²) in [7, 11) is 0. The first-order valence-electron chi connectivity index (χ1n) is 7.40. The number of amides is 1. The number of nitrogens with one attached hydrogen (secondary N) is 1. The van der Waals surface area contributed by atoms with Crippen LogP contribution in [0.4, 0.5) is 0 Å². The van der Waals surface area contributed by atoms with Crippen molar-refractivity contribution in [3.8, 4) is 0 Å². The van der Waals surface area contributed by atoms with Crippen LogP contribution in [-0.2, 0) is 4.79 Å². The Kier molecular flexibility index (Phi) is 5.44. The third-order valence-corrected chi connectivity index (χ3v) is 4.43. The largest absolute Gasteiger partial charge is 0.349 e. The zero-order valence-corrected chi connectivity index (χ0v) is 12.7. The van der Waals surface area contributed by atoms with E-state index in [0.29, 0.717) is 17.4 Å². The van der Waals surface area contributed by atoms with Gasteiger partial charge in [-0.2, -0.15) is 0 Å². The minimum atomic E-state index is 0.0531. The van der Waals surface area contributed by atoms with Crippen LogP contribution < -0.4 is 11.1 Å². The van der Waals surface area contributed by atoms with E-state index in [0.717, 1.165) is 31.2 Å². The van der Waals surface area contributed by atoms with Crippen molar-refractivity contribution in [3.05, 3.63) is 34.9 Å². The quantitative estimate of drug-likeness (QED) is 0.874. The van der Waals surface area contributed by atoms with Gasteiger partial charge in [-0.25, -0.2) is 0 Å². The molecule has 1 amide bonds. The Morgan fingerprint density at radius 2 is 2.10 bits per heavy atom. The zero-order chi connectivity index (χ0) is 14.5. The zero-order valence-electron chi connectivity index (χ0n) is 11.9. The molecule has 1 saturated carbocycles. The Morgan fingerprint density at radius 3 is 2.65 bits per heavy atom. The minimum absolute atomic E-state index is 0.0531. The molecular weight excluding hydrogens is 272 g/mol. The second kappa shape index (κ2) is 7.09. The lowest BCUT2D eigenvalue weighted by molar-refractivity contribution is -0.122. The summed E-state index contributed by atoms with van der Waals surface area (Å²) in [6.45, 7) is 2.07. The van der Waals surface area contributed by atoms with E-state index >= 15 is 0 Å². The molecular formula is C16H23ClN2O.